The number of benzene rings is 4. The van der Waals surface area contributed by atoms with E-state index in [-0.39, 0.29) is 0 Å². The fourth-order valence-electron chi connectivity index (χ4n) is 5.57. The highest BCUT2D eigenvalue weighted by Gasteiger charge is 2.22. The van der Waals surface area contributed by atoms with Crippen LogP contribution in [0.15, 0.2) is 122 Å². The van der Waals surface area contributed by atoms with Gasteiger partial charge in [-0.15, -0.1) is 0 Å². The summed E-state index contributed by atoms with van der Waals surface area (Å²) >= 11 is 0. The van der Waals surface area contributed by atoms with Crippen LogP contribution in [-0.4, -0.2) is 24.1 Å². The molecular formula is C32H21N5. The zero-order valence-corrected chi connectivity index (χ0v) is 19.8. The molecule has 0 bridgehead atoms. The van der Waals surface area contributed by atoms with E-state index in [1.54, 1.807) is 0 Å². The van der Waals surface area contributed by atoms with Gasteiger partial charge in [0.15, 0.2) is 5.65 Å². The molecule has 37 heavy (non-hydrogen) atoms. The van der Waals surface area contributed by atoms with E-state index >= 15 is 0 Å². The number of fused-ring (bicyclic) bond motifs is 6. The molecule has 0 aliphatic rings. The number of pyridine rings is 1. The van der Waals surface area contributed by atoms with Crippen molar-refractivity contribution in [2.75, 3.05) is 0 Å². The zero-order valence-electron chi connectivity index (χ0n) is 19.8. The molecule has 8 rings (SSSR count). The van der Waals surface area contributed by atoms with Crippen molar-refractivity contribution >= 4 is 43.9 Å². The number of para-hydroxylation sites is 2. The Hall–Kier alpha value is -5.16. The first-order valence-electron chi connectivity index (χ1n) is 12.4. The number of nitrogens with zero attached hydrogens (tertiary/aromatic N) is 4. The lowest BCUT2D eigenvalue weighted by atomic mass is 10.1. The summed E-state index contributed by atoms with van der Waals surface area (Å²) in [6.07, 6.45) is 3.90. The van der Waals surface area contributed by atoms with E-state index in [9.17, 15) is 0 Å². The third-order valence-corrected chi connectivity index (χ3v) is 7.17. The lowest BCUT2D eigenvalue weighted by Gasteiger charge is -2.10. The van der Waals surface area contributed by atoms with Crippen molar-refractivity contribution in [1.82, 2.24) is 24.1 Å². The highest BCUT2D eigenvalue weighted by molar-refractivity contribution is 6.18. The van der Waals surface area contributed by atoms with Crippen molar-refractivity contribution in [3.05, 3.63) is 122 Å². The monoisotopic (exact) mass is 475 g/mol. The van der Waals surface area contributed by atoms with Gasteiger partial charge in [0.2, 0.25) is 0 Å². The summed E-state index contributed by atoms with van der Waals surface area (Å²) in [5.74, 6) is 0.868. The van der Waals surface area contributed by atoms with Crippen LogP contribution in [0.1, 0.15) is 0 Å². The zero-order chi connectivity index (χ0) is 24.3. The van der Waals surface area contributed by atoms with Crippen LogP contribution in [-0.2, 0) is 0 Å². The lowest BCUT2D eigenvalue weighted by molar-refractivity contribution is 1.08. The Bertz CT molecular complexity index is 2080. The van der Waals surface area contributed by atoms with Gasteiger partial charge in [-0.3, -0.25) is 4.57 Å². The molecule has 5 nitrogen and oxygen atoms in total. The molecule has 4 aromatic heterocycles. The van der Waals surface area contributed by atoms with Crippen LogP contribution in [0.2, 0.25) is 0 Å². The minimum absolute atomic E-state index is 0.826. The van der Waals surface area contributed by atoms with Crippen molar-refractivity contribution in [3.63, 3.8) is 0 Å². The van der Waals surface area contributed by atoms with Crippen LogP contribution in [0.3, 0.4) is 0 Å². The molecule has 0 unspecified atom stereocenters. The maximum Gasteiger partial charge on any atom is 0.167 e. The smallest absolute Gasteiger partial charge is 0.167 e. The minimum Gasteiger partial charge on any atom is -0.359 e. The molecule has 4 aromatic carbocycles. The van der Waals surface area contributed by atoms with E-state index in [1.807, 2.05) is 36.7 Å². The number of nitrogens with one attached hydrogen (secondary N) is 1. The Morgan fingerprint density at radius 1 is 0.649 bits per heavy atom. The van der Waals surface area contributed by atoms with E-state index < -0.39 is 0 Å². The minimum atomic E-state index is 0.826. The first-order valence-corrected chi connectivity index (χ1v) is 12.4. The van der Waals surface area contributed by atoms with Gasteiger partial charge in [0.05, 0.1) is 22.2 Å². The number of rotatable bonds is 3. The molecule has 5 heteroatoms. The molecule has 0 radical (unpaired) electrons. The summed E-state index contributed by atoms with van der Waals surface area (Å²) < 4.78 is 4.50. The van der Waals surface area contributed by atoms with E-state index in [0.717, 1.165) is 50.5 Å². The third kappa shape index (κ3) is 2.85. The van der Waals surface area contributed by atoms with Crippen molar-refractivity contribution in [2.24, 2.45) is 0 Å². The summed E-state index contributed by atoms with van der Waals surface area (Å²) in [5.41, 5.74) is 8.17. The normalized spacial score (nSPS) is 11.8. The van der Waals surface area contributed by atoms with Gasteiger partial charge in [0.1, 0.15) is 11.3 Å². The number of hydrogen-bond acceptors (Lipinski definition) is 2. The molecule has 0 aliphatic carbocycles. The second-order valence-electron chi connectivity index (χ2n) is 9.23. The van der Waals surface area contributed by atoms with E-state index in [4.69, 9.17) is 9.97 Å². The quantitative estimate of drug-likeness (QED) is 0.285. The summed E-state index contributed by atoms with van der Waals surface area (Å²) in [5, 5.41) is 3.60. The van der Waals surface area contributed by atoms with Crippen molar-refractivity contribution < 1.29 is 0 Å². The van der Waals surface area contributed by atoms with E-state index in [1.165, 1.54) is 16.2 Å². The summed E-state index contributed by atoms with van der Waals surface area (Å²) in [6, 6.07) is 37.8. The highest BCUT2D eigenvalue weighted by atomic mass is 15.1. The first-order chi connectivity index (χ1) is 18.4. The Kier molecular flexibility index (Phi) is 4.16. The van der Waals surface area contributed by atoms with E-state index in [0.29, 0.717) is 0 Å². The fraction of sp³-hybridized carbons (Fsp3) is 0. The Morgan fingerprint density at radius 2 is 1.43 bits per heavy atom. The van der Waals surface area contributed by atoms with Gasteiger partial charge in [-0.2, -0.15) is 0 Å². The average molecular weight is 476 g/mol. The second kappa shape index (κ2) is 7.67. The SMILES string of the molecule is c1ccc(-c2nc3c(-n4c5ccccc5c5ccc6cc[nH]c6c54)ccnc3n2-c2ccccc2)cc1. The molecular weight excluding hydrogens is 454 g/mol. The predicted octanol–water partition coefficient (Wildman–Crippen LogP) is 7.67. The molecule has 0 saturated heterocycles. The number of aromatic amines is 1. The standard InChI is InChI=1S/C32H21N5/c1-3-9-22(10-4-1)31-35-29-27(18-20-34-32(29)36(31)23-11-5-2-6-12-23)37-26-14-8-7-13-24(26)25-16-15-21-17-19-33-28(21)30(25)37/h1-20,33H. The van der Waals surface area contributed by atoms with Gasteiger partial charge >= 0.3 is 0 Å². The Labute approximate surface area is 212 Å². The third-order valence-electron chi connectivity index (χ3n) is 7.17. The van der Waals surface area contributed by atoms with E-state index in [2.05, 4.69) is 99.0 Å². The molecule has 0 aliphatic heterocycles. The van der Waals surface area contributed by atoms with Gasteiger partial charge in [-0.05, 0) is 30.3 Å². The van der Waals surface area contributed by atoms with Crippen LogP contribution in [0.25, 0.3) is 66.6 Å². The van der Waals surface area contributed by atoms with Crippen LogP contribution in [0, 0.1) is 0 Å². The molecule has 0 saturated carbocycles. The number of imidazole rings is 1. The van der Waals surface area contributed by atoms with Crippen LogP contribution >= 0.6 is 0 Å². The summed E-state index contributed by atoms with van der Waals surface area (Å²) in [6.45, 7) is 0. The maximum absolute atomic E-state index is 5.27. The van der Waals surface area contributed by atoms with Crippen LogP contribution in [0.5, 0.6) is 0 Å². The molecule has 8 aromatic rings. The Morgan fingerprint density at radius 3 is 2.30 bits per heavy atom. The lowest BCUT2D eigenvalue weighted by Crippen LogP contribution is -1.99. The highest BCUT2D eigenvalue weighted by Crippen LogP contribution is 2.38. The van der Waals surface area contributed by atoms with Gasteiger partial charge in [0.25, 0.3) is 0 Å². The maximum atomic E-state index is 5.27. The van der Waals surface area contributed by atoms with Gasteiger partial charge in [-0.25, -0.2) is 9.97 Å². The fourth-order valence-corrected chi connectivity index (χ4v) is 5.57. The number of aromatic nitrogens is 5. The number of H-pyrrole nitrogens is 1. The topological polar surface area (TPSA) is 51.4 Å². The van der Waals surface area contributed by atoms with Gasteiger partial charge in [0, 0.05) is 39.8 Å². The van der Waals surface area contributed by atoms with Gasteiger partial charge in [-0.1, -0.05) is 78.9 Å². The summed E-state index contributed by atoms with van der Waals surface area (Å²) in [7, 11) is 0. The van der Waals surface area contributed by atoms with Gasteiger partial charge < -0.3 is 9.55 Å². The molecule has 0 atom stereocenters. The summed E-state index contributed by atoms with van der Waals surface area (Å²) in [4.78, 5) is 13.6. The first kappa shape index (κ1) is 20.1. The van der Waals surface area contributed by atoms with Crippen molar-refractivity contribution in [1.29, 1.82) is 0 Å². The average Bonchev–Trinajstić information content (AvgIpc) is 3.67. The largest absolute Gasteiger partial charge is 0.359 e. The molecule has 174 valence electrons. The van der Waals surface area contributed by atoms with Crippen LogP contribution < -0.4 is 0 Å². The molecule has 1 N–H and O–H groups in total. The van der Waals surface area contributed by atoms with Crippen LogP contribution in [0.4, 0.5) is 0 Å². The molecule has 0 fully saturated rings. The molecule has 0 amide bonds. The molecule has 0 spiro atoms. The number of hydrogen-bond donors (Lipinski definition) is 1. The second-order valence-corrected chi connectivity index (χ2v) is 9.23. The molecule has 4 heterocycles. The predicted molar refractivity (Wildman–Crippen MR) is 150 cm³/mol. The van der Waals surface area contributed by atoms with Crippen molar-refractivity contribution in [3.8, 4) is 22.8 Å². The Balaban J connectivity index is 1.54. The van der Waals surface area contributed by atoms with Crippen molar-refractivity contribution in [2.45, 2.75) is 0 Å².